The molecular weight excluding hydrogens is 380 g/mol. The molecule has 0 amide bonds. The van der Waals surface area contributed by atoms with E-state index in [-0.39, 0.29) is 12.0 Å². The fourth-order valence-corrected chi connectivity index (χ4v) is 3.40. The Morgan fingerprint density at radius 1 is 1.03 bits per heavy atom. The molecule has 0 saturated heterocycles. The van der Waals surface area contributed by atoms with Gasteiger partial charge >= 0.3 is 5.97 Å². The SMILES string of the molecule is COC(=O)c1ccc2nc(-c3cc4cc(OC)ccc4o3)c(N(C)C(C)C)cc2c1. The number of nitrogens with zero attached hydrogens (tertiary/aromatic N) is 2. The van der Waals surface area contributed by atoms with Gasteiger partial charge in [-0.05, 0) is 62.4 Å². The van der Waals surface area contributed by atoms with Gasteiger partial charge < -0.3 is 18.8 Å². The first-order chi connectivity index (χ1) is 14.4. The van der Waals surface area contributed by atoms with Crippen LogP contribution in [0.3, 0.4) is 0 Å². The smallest absolute Gasteiger partial charge is 0.337 e. The predicted molar refractivity (Wildman–Crippen MR) is 118 cm³/mol. The summed E-state index contributed by atoms with van der Waals surface area (Å²) < 4.78 is 16.3. The molecule has 0 unspecified atom stereocenters. The van der Waals surface area contributed by atoms with Gasteiger partial charge in [-0.1, -0.05) is 0 Å². The Morgan fingerprint density at radius 2 is 1.83 bits per heavy atom. The van der Waals surface area contributed by atoms with Crippen molar-refractivity contribution in [1.82, 2.24) is 4.98 Å². The monoisotopic (exact) mass is 404 g/mol. The molecule has 0 fully saturated rings. The Labute approximate surface area is 175 Å². The molecule has 2 heterocycles. The van der Waals surface area contributed by atoms with Crippen LogP contribution in [-0.4, -0.2) is 38.3 Å². The van der Waals surface area contributed by atoms with Crippen molar-refractivity contribution in [3.8, 4) is 17.2 Å². The normalized spacial score (nSPS) is 11.3. The van der Waals surface area contributed by atoms with Crippen LogP contribution in [0.5, 0.6) is 5.75 Å². The maximum Gasteiger partial charge on any atom is 0.337 e. The van der Waals surface area contributed by atoms with Gasteiger partial charge in [-0.15, -0.1) is 0 Å². The summed E-state index contributed by atoms with van der Waals surface area (Å²) >= 11 is 0. The lowest BCUT2D eigenvalue weighted by atomic mass is 10.1. The van der Waals surface area contributed by atoms with E-state index in [0.29, 0.717) is 11.3 Å². The summed E-state index contributed by atoms with van der Waals surface area (Å²) in [5, 5.41) is 1.81. The van der Waals surface area contributed by atoms with Gasteiger partial charge in [0.1, 0.15) is 17.0 Å². The number of rotatable bonds is 5. The van der Waals surface area contributed by atoms with Crippen LogP contribution in [0.4, 0.5) is 5.69 Å². The van der Waals surface area contributed by atoms with Gasteiger partial charge in [0, 0.05) is 23.9 Å². The van der Waals surface area contributed by atoms with Crippen LogP contribution in [0.15, 0.2) is 52.9 Å². The summed E-state index contributed by atoms with van der Waals surface area (Å²) in [6.45, 7) is 4.23. The van der Waals surface area contributed by atoms with Crippen molar-refractivity contribution in [2.24, 2.45) is 0 Å². The van der Waals surface area contributed by atoms with E-state index in [1.165, 1.54) is 7.11 Å². The number of methoxy groups -OCH3 is 2. The maximum atomic E-state index is 11.9. The molecule has 6 nitrogen and oxygen atoms in total. The highest BCUT2D eigenvalue weighted by molar-refractivity contribution is 5.97. The van der Waals surface area contributed by atoms with Crippen LogP contribution < -0.4 is 9.64 Å². The van der Waals surface area contributed by atoms with Gasteiger partial charge in [0.05, 0.1) is 31.0 Å². The predicted octanol–water partition coefficient (Wildman–Crippen LogP) is 5.29. The van der Waals surface area contributed by atoms with Crippen molar-refractivity contribution in [3.05, 3.63) is 54.1 Å². The highest BCUT2D eigenvalue weighted by atomic mass is 16.5. The first kappa shape index (κ1) is 19.8. The van der Waals surface area contributed by atoms with Crippen molar-refractivity contribution in [3.63, 3.8) is 0 Å². The molecule has 4 rings (SSSR count). The second-order valence-electron chi connectivity index (χ2n) is 7.47. The van der Waals surface area contributed by atoms with E-state index in [4.69, 9.17) is 18.9 Å². The average molecular weight is 404 g/mol. The molecule has 0 aliphatic rings. The third kappa shape index (κ3) is 3.45. The van der Waals surface area contributed by atoms with Gasteiger partial charge in [0.2, 0.25) is 0 Å². The molecule has 0 atom stereocenters. The van der Waals surface area contributed by atoms with Gasteiger partial charge in [-0.3, -0.25) is 0 Å². The Hall–Kier alpha value is -3.54. The summed E-state index contributed by atoms with van der Waals surface area (Å²) in [7, 11) is 5.04. The minimum absolute atomic E-state index is 0.247. The lowest BCUT2D eigenvalue weighted by Crippen LogP contribution is -2.26. The quantitative estimate of drug-likeness (QED) is 0.421. The number of furan rings is 1. The molecule has 0 saturated carbocycles. The number of ether oxygens (including phenoxy) is 2. The minimum Gasteiger partial charge on any atom is -0.497 e. The van der Waals surface area contributed by atoms with Crippen LogP contribution in [0.2, 0.25) is 0 Å². The zero-order valence-electron chi connectivity index (χ0n) is 17.7. The number of hydrogen-bond acceptors (Lipinski definition) is 6. The Balaban J connectivity index is 1.93. The van der Waals surface area contributed by atoms with Crippen LogP contribution in [0, 0.1) is 0 Å². The Morgan fingerprint density at radius 3 is 2.53 bits per heavy atom. The molecule has 4 aromatic rings. The third-order valence-electron chi connectivity index (χ3n) is 5.33. The van der Waals surface area contributed by atoms with Crippen LogP contribution >= 0.6 is 0 Å². The van der Waals surface area contributed by atoms with Gasteiger partial charge in [-0.2, -0.15) is 0 Å². The maximum absolute atomic E-state index is 11.9. The topological polar surface area (TPSA) is 64.8 Å². The van der Waals surface area contributed by atoms with Crippen LogP contribution in [-0.2, 0) is 4.74 Å². The Bertz CT molecular complexity index is 1240. The zero-order valence-corrected chi connectivity index (χ0v) is 17.7. The third-order valence-corrected chi connectivity index (χ3v) is 5.33. The number of aromatic nitrogens is 1. The van der Waals surface area contributed by atoms with E-state index < -0.39 is 0 Å². The molecule has 2 aromatic carbocycles. The summed E-state index contributed by atoms with van der Waals surface area (Å²) in [6, 6.07) is 15.3. The van der Waals surface area contributed by atoms with E-state index in [2.05, 4.69) is 18.7 Å². The standard InChI is InChI=1S/C24H24N2O4/c1-14(2)26(3)20-12-16-10-15(24(27)29-5)6-8-19(16)25-23(20)22-13-17-11-18(28-4)7-9-21(17)30-22/h6-14H,1-5H3. The fourth-order valence-electron chi connectivity index (χ4n) is 3.40. The molecule has 154 valence electrons. The largest absolute Gasteiger partial charge is 0.497 e. The zero-order chi connectivity index (χ0) is 21.4. The highest BCUT2D eigenvalue weighted by Gasteiger charge is 2.19. The minimum atomic E-state index is -0.369. The molecule has 0 aliphatic heterocycles. The number of carbonyl (C=O) groups excluding carboxylic acids is 1. The van der Waals surface area contributed by atoms with Crippen molar-refractivity contribution in [2.75, 3.05) is 26.2 Å². The number of benzene rings is 2. The summed E-state index contributed by atoms with van der Waals surface area (Å²) in [5.74, 6) is 1.09. The first-order valence-electron chi connectivity index (χ1n) is 9.75. The number of carbonyl (C=O) groups is 1. The van der Waals surface area contributed by atoms with E-state index in [1.54, 1.807) is 19.2 Å². The molecule has 2 aromatic heterocycles. The van der Waals surface area contributed by atoms with E-state index >= 15 is 0 Å². The first-order valence-corrected chi connectivity index (χ1v) is 9.75. The molecular formula is C24H24N2O4. The lowest BCUT2D eigenvalue weighted by molar-refractivity contribution is 0.0601. The molecule has 0 spiro atoms. The number of anilines is 1. The van der Waals surface area contributed by atoms with E-state index in [9.17, 15) is 4.79 Å². The molecule has 0 N–H and O–H groups in total. The van der Waals surface area contributed by atoms with Crippen LogP contribution in [0.25, 0.3) is 33.3 Å². The van der Waals surface area contributed by atoms with Crippen molar-refractivity contribution < 1.29 is 18.7 Å². The number of hydrogen-bond donors (Lipinski definition) is 0. The van der Waals surface area contributed by atoms with Gasteiger partial charge in [-0.25, -0.2) is 9.78 Å². The van der Waals surface area contributed by atoms with Gasteiger partial charge in [0.15, 0.2) is 5.76 Å². The van der Waals surface area contributed by atoms with Crippen LogP contribution in [0.1, 0.15) is 24.2 Å². The summed E-state index contributed by atoms with van der Waals surface area (Å²) in [5.41, 5.74) is 3.71. The second-order valence-corrected chi connectivity index (χ2v) is 7.47. The molecule has 0 aliphatic carbocycles. The fraction of sp³-hybridized carbons (Fsp3) is 0.250. The van der Waals surface area contributed by atoms with E-state index in [0.717, 1.165) is 39.0 Å². The average Bonchev–Trinajstić information content (AvgIpc) is 3.19. The van der Waals surface area contributed by atoms with Crippen molar-refractivity contribution in [1.29, 1.82) is 0 Å². The van der Waals surface area contributed by atoms with Gasteiger partial charge in [0.25, 0.3) is 0 Å². The number of fused-ring (bicyclic) bond motifs is 2. The number of pyridine rings is 1. The van der Waals surface area contributed by atoms with Crippen molar-refractivity contribution in [2.45, 2.75) is 19.9 Å². The second kappa shape index (κ2) is 7.71. The highest BCUT2D eigenvalue weighted by Crippen LogP contribution is 2.36. The summed E-state index contributed by atoms with van der Waals surface area (Å²) in [4.78, 5) is 19.0. The molecule has 6 heteroatoms. The lowest BCUT2D eigenvalue weighted by Gasteiger charge is -2.25. The number of esters is 1. The molecule has 0 bridgehead atoms. The molecule has 0 radical (unpaired) electrons. The van der Waals surface area contributed by atoms with E-state index in [1.807, 2.05) is 43.4 Å². The molecule has 30 heavy (non-hydrogen) atoms. The Kier molecular flexibility index (Phi) is 5.08. The van der Waals surface area contributed by atoms with Crippen molar-refractivity contribution >= 4 is 33.5 Å². The summed E-state index contributed by atoms with van der Waals surface area (Å²) in [6.07, 6.45) is 0.